The molecule has 2 heterocycles. The van der Waals surface area contributed by atoms with Crippen LogP contribution >= 0.6 is 0 Å². The van der Waals surface area contributed by atoms with Gasteiger partial charge in [-0.25, -0.2) is 0 Å². The quantitative estimate of drug-likeness (QED) is 0.882. The maximum atomic E-state index is 4.36. The smallest absolute Gasteiger partial charge is 0.0541 e. The Morgan fingerprint density at radius 1 is 1.10 bits per heavy atom. The predicted octanol–water partition coefficient (Wildman–Crippen LogP) is 2.49. The Bertz CT molecular complexity index is 477. The number of benzene rings is 1. The summed E-state index contributed by atoms with van der Waals surface area (Å²) in [6.45, 7) is 4.39. The molecule has 0 bridgehead atoms. The van der Waals surface area contributed by atoms with Crippen molar-refractivity contribution >= 4 is 0 Å². The van der Waals surface area contributed by atoms with Crippen molar-refractivity contribution in [3.63, 3.8) is 0 Å². The Balaban J connectivity index is 1.39. The van der Waals surface area contributed by atoms with Gasteiger partial charge in [-0.3, -0.25) is 4.98 Å². The largest absolute Gasteiger partial charge is 0.307 e. The van der Waals surface area contributed by atoms with Crippen LogP contribution in [0.15, 0.2) is 54.7 Å². The zero-order valence-corrected chi connectivity index (χ0v) is 12.4. The van der Waals surface area contributed by atoms with Gasteiger partial charge in [0.15, 0.2) is 0 Å². The van der Waals surface area contributed by atoms with Gasteiger partial charge in [-0.1, -0.05) is 36.4 Å². The fourth-order valence-corrected chi connectivity index (χ4v) is 2.89. The molecule has 0 spiro atoms. The third-order valence-corrected chi connectivity index (χ3v) is 4.13. The van der Waals surface area contributed by atoms with Crippen LogP contribution in [-0.2, 0) is 13.0 Å². The van der Waals surface area contributed by atoms with Crippen molar-refractivity contribution in [3.8, 4) is 0 Å². The lowest BCUT2D eigenvalue weighted by molar-refractivity contribution is 0.331. The van der Waals surface area contributed by atoms with E-state index in [9.17, 15) is 0 Å². The van der Waals surface area contributed by atoms with Crippen LogP contribution < -0.4 is 5.32 Å². The van der Waals surface area contributed by atoms with Gasteiger partial charge in [0, 0.05) is 31.9 Å². The molecule has 3 rings (SSSR count). The van der Waals surface area contributed by atoms with Crippen molar-refractivity contribution in [2.24, 2.45) is 0 Å². The number of likely N-dealkylation sites (tertiary alicyclic amines) is 1. The van der Waals surface area contributed by atoms with Crippen molar-refractivity contribution in [3.05, 3.63) is 66.0 Å². The van der Waals surface area contributed by atoms with Crippen molar-refractivity contribution in [1.82, 2.24) is 15.2 Å². The number of hydrogen-bond donors (Lipinski definition) is 1. The maximum absolute atomic E-state index is 4.36. The highest BCUT2D eigenvalue weighted by Crippen LogP contribution is 2.11. The minimum atomic E-state index is 0.600. The van der Waals surface area contributed by atoms with Crippen molar-refractivity contribution in [1.29, 1.82) is 0 Å². The highest BCUT2D eigenvalue weighted by molar-refractivity contribution is 5.15. The van der Waals surface area contributed by atoms with E-state index in [0.29, 0.717) is 6.04 Å². The van der Waals surface area contributed by atoms with Gasteiger partial charge in [-0.2, -0.15) is 0 Å². The molecule has 0 radical (unpaired) electrons. The number of rotatable bonds is 6. The highest BCUT2D eigenvalue weighted by Gasteiger charge is 2.21. The normalized spacial score (nSPS) is 19.0. The number of nitrogens with zero attached hydrogens (tertiary/aromatic N) is 2. The van der Waals surface area contributed by atoms with Gasteiger partial charge in [-0.15, -0.1) is 0 Å². The van der Waals surface area contributed by atoms with E-state index in [1.807, 2.05) is 18.3 Å². The molecular weight excluding hydrogens is 258 g/mol. The molecule has 0 amide bonds. The van der Waals surface area contributed by atoms with Crippen LogP contribution in [0.25, 0.3) is 0 Å². The average Bonchev–Trinajstić information content (AvgIpc) is 3.01. The first-order chi connectivity index (χ1) is 10.4. The van der Waals surface area contributed by atoms with E-state index < -0.39 is 0 Å². The van der Waals surface area contributed by atoms with E-state index in [1.54, 1.807) is 0 Å². The number of aromatic nitrogens is 1. The molecule has 3 nitrogen and oxygen atoms in total. The minimum Gasteiger partial charge on any atom is -0.307 e. The monoisotopic (exact) mass is 281 g/mol. The fraction of sp³-hybridized carbons (Fsp3) is 0.389. The second-order valence-corrected chi connectivity index (χ2v) is 5.72. The molecule has 110 valence electrons. The van der Waals surface area contributed by atoms with Crippen LogP contribution in [0.1, 0.15) is 17.7 Å². The zero-order chi connectivity index (χ0) is 14.3. The Morgan fingerprint density at radius 3 is 2.76 bits per heavy atom. The first-order valence-electron chi connectivity index (χ1n) is 7.80. The summed E-state index contributed by atoms with van der Waals surface area (Å²) < 4.78 is 0. The van der Waals surface area contributed by atoms with Gasteiger partial charge < -0.3 is 10.2 Å². The Morgan fingerprint density at radius 2 is 1.95 bits per heavy atom. The molecule has 1 unspecified atom stereocenters. The molecule has 1 fully saturated rings. The molecule has 2 aromatic rings. The first-order valence-corrected chi connectivity index (χ1v) is 7.80. The number of nitrogens with one attached hydrogen (secondary N) is 1. The van der Waals surface area contributed by atoms with E-state index in [1.165, 1.54) is 18.5 Å². The lowest BCUT2D eigenvalue weighted by atomic mass is 10.1. The third-order valence-electron chi connectivity index (χ3n) is 4.13. The standard InChI is InChI=1S/C18H23N3/c1-2-6-16(7-3-1)9-12-21-13-10-18(15-21)20-14-17-8-4-5-11-19-17/h1-8,11,18,20H,9-10,12-15H2. The SMILES string of the molecule is c1ccc(CCN2CCC(NCc3ccccn3)C2)cc1. The topological polar surface area (TPSA) is 28.2 Å². The summed E-state index contributed by atoms with van der Waals surface area (Å²) in [5.41, 5.74) is 2.56. The molecule has 1 N–H and O–H groups in total. The lowest BCUT2D eigenvalue weighted by Gasteiger charge is -2.16. The van der Waals surface area contributed by atoms with Crippen LogP contribution in [-0.4, -0.2) is 35.6 Å². The van der Waals surface area contributed by atoms with E-state index in [-0.39, 0.29) is 0 Å². The van der Waals surface area contributed by atoms with Crippen molar-refractivity contribution in [2.45, 2.75) is 25.4 Å². The van der Waals surface area contributed by atoms with Gasteiger partial charge in [0.2, 0.25) is 0 Å². The number of pyridine rings is 1. The van der Waals surface area contributed by atoms with E-state index >= 15 is 0 Å². The average molecular weight is 281 g/mol. The summed E-state index contributed by atoms with van der Waals surface area (Å²) >= 11 is 0. The molecule has 3 heteroatoms. The summed E-state index contributed by atoms with van der Waals surface area (Å²) in [6, 6.07) is 17.4. The summed E-state index contributed by atoms with van der Waals surface area (Å²) in [6.07, 6.45) is 4.24. The van der Waals surface area contributed by atoms with Gasteiger partial charge >= 0.3 is 0 Å². The summed E-state index contributed by atoms with van der Waals surface area (Å²) in [5.74, 6) is 0. The third kappa shape index (κ3) is 4.38. The summed E-state index contributed by atoms with van der Waals surface area (Å²) in [5, 5.41) is 3.62. The van der Waals surface area contributed by atoms with Crippen LogP contribution in [0.2, 0.25) is 0 Å². The molecule has 0 saturated carbocycles. The predicted molar refractivity (Wildman–Crippen MR) is 86.1 cm³/mol. The Hall–Kier alpha value is -1.71. The fourth-order valence-electron chi connectivity index (χ4n) is 2.89. The van der Waals surface area contributed by atoms with E-state index in [0.717, 1.165) is 31.7 Å². The van der Waals surface area contributed by atoms with Crippen LogP contribution in [0.5, 0.6) is 0 Å². The molecule has 1 aliphatic rings. The molecule has 1 saturated heterocycles. The van der Waals surface area contributed by atoms with Crippen molar-refractivity contribution in [2.75, 3.05) is 19.6 Å². The van der Waals surface area contributed by atoms with Crippen LogP contribution in [0, 0.1) is 0 Å². The second-order valence-electron chi connectivity index (χ2n) is 5.72. The Labute approximate surface area is 127 Å². The van der Waals surface area contributed by atoms with Gasteiger partial charge in [-0.05, 0) is 37.1 Å². The summed E-state index contributed by atoms with van der Waals surface area (Å²) in [7, 11) is 0. The first kappa shape index (κ1) is 14.2. The molecule has 21 heavy (non-hydrogen) atoms. The molecule has 1 aromatic heterocycles. The molecule has 1 aliphatic heterocycles. The molecule has 1 atom stereocenters. The summed E-state index contributed by atoms with van der Waals surface area (Å²) in [4.78, 5) is 6.92. The van der Waals surface area contributed by atoms with Crippen LogP contribution in [0.4, 0.5) is 0 Å². The zero-order valence-electron chi connectivity index (χ0n) is 12.4. The van der Waals surface area contributed by atoms with E-state index in [2.05, 4.69) is 51.6 Å². The van der Waals surface area contributed by atoms with Gasteiger partial charge in [0.05, 0.1) is 5.69 Å². The lowest BCUT2D eigenvalue weighted by Crippen LogP contribution is -2.33. The van der Waals surface area contributed by atoms with Crippen LogP contribution in [0.3, 0.4) is 0 Å². The highest BCUT2D eigenvalue weighted by atomic mass is 15.2. The number of hydrogen-bond acceptors (Lipinski definition) is 3. The maximum Gasteiger partial charge on any atom is 0.0541 e. The van der Waals surface area contributed by atoms with E-state index in [4.69, 9.17) is 0 Å². The van der Waals surface area contributed by atoms with Crippen molar-refractivity contribution < 1.29 is 0 Å². The molecular formula is C18H23N3. The minimum absolute atomic E-state index is 0.600. The Kier molecular flexibility index (Phi) is 4.98. The molecule has 1 aromatic carbocycles. The molecule has 0 aliphatic carbocycles. The van der Waals surface area contributed by atoms with Gasteiger partial charge in [0.25, 0.3) is 0 Å². The second kappa shape index (κ2) is 7.34. The van der Waals surface area contributed by atoms with Gasteiger partial charge in [0.1, 0.15) is 0 Å².